The lowest BCUT2D eigenvalue weighted by Gasteiger charge is -2.15. The monoisotopic (exact) mass is 319 g/mol. The number of nitrogens with zero attached hydrogens (tertiary/aromatic N) is 4. The summed E-state index contributed by atoms with van der Waals surface area (Å²) >= 11 is 0. The summed E-state index contributed by atoms with van der Waals surface area (Å²) in [5, 5.41) is 4.62. The number of rotatable bonds is 5. The topological polar surface area (TPSA) is 53.9 Å². The van der Waals surface area contributed by atoms with Crippen molar-refractivity contribution in [2.24, 2.45) is 0 Å². The van der Waals surface area contributed by atoms with Crippen molar-refractivity contribution in [2.45, 2.75) is 25.3 Å². The van der Waals surface area contributed by atoms with Crippen LogP contribution in [0.5, 0.6) is 0 Å². The Balaban J connectivity index is 1.62. The first-order valence-corrected chi connectivity index (χ1v) is 8.33. The minimum absolute atomic E-state index is 0.564. The zero-order valence-corrected chi connectivity index (χ0v) is 14.0. The zero-order valence-electron chi connectivity index (χ0n) is 14.0. The smallest absolute Gasteiger partial charge is 0.133 e. The van der Waals surface area contributed by atoms with Crippen molar-refractivity contribution in [3.63, 3.8) is 0 Å². The van der Waals surface area contributed by atoms with E-state index < -0.39 is 0 Å². The Labute approximate surface area is 141 Å². The Kier molecular flexibility index (Phi) is 3.76. The third-order valence-electron chi connectivity index (χ3n) is 4.32. The number of fused-ring (bicyclic) bond motifs is 1. The van der Waals surface area contributed by atoms with Gasteiger partial charge in [0.2, 0.25) is 0 Å². The molecule has 0 unspecified atom stereocenters. The second kappa shape index (κ2) is 6.07. The SMILES string of the molecule is CN(C)c1cc(CNc2ccnc(C3CC3)n2)c2ccccc2n1. The van der Waals surface area contributed by atoms with Crippen LogP contribution in [0.4, 0.5) is 11.6 Å². The van der Waals surface area contributed by atoms with Crippen LogP contribution >= 0.6 is 0 Å². The summed E-state index contributed by atoms with van der Waals surface area (Å²) < 4.78 is 0. The molecule has 1 fully saturated rings. The van der Waals surface area contributed by atoms with E-state index >= 15 is 0 Å². The second-order valence-corrected chi connectivity index (χ2v) is 6.48. The van der Waals surface area contributed by atoms with E-state index in [1.54, 1.807) is 0 Å². The summed E-state index contributed by atoms with van der Waals surface area (Å²) in [7, 11) is 4.03. The fourth-order valence-corrected chi connectivity index (χ4v) is 2.80. The zero-order chi connectivity index (χ0) is 16.5. The lowest BCUT2D eigenvalue weighted by Crippen LogP contribution is -2.12. The van der Waals surface area contributed by atoms with Gasteiger partial charge in [-0.3, -0.25) is 0 Å². The molecule has 1 aromatic carbocycles. The van der Waals surface area contributed by atoms with Crippen LogP contribution in [-0.2, 0) is 6.54 Å². The molecule has 5 nitrogen and oxygen atoms in total. The molecule has 24 heavy (non-hydrogen) atoms. The van der Waals surface area contributed by atoms with Crippen LogP contribution in [0.1, 0.15) is 30.1 Å². The number of anilines is 2. The van der Waals surface area contributed by atoms with Gasteiger partial charge in [-0.1, -0.05) is 18.2 Å². The summed E-state index contributed by atoms with van der Waals surface area (Å²) in [6, 6.07) is 12.3. The number of pyridine rings is 1. The minimum atomic E-state index is 0.564. The molecule has 0 atom stereocenters. The molecule has 0 amide bonds. The van der Waals surface area contributed by atoms with Crippen LogP contribution in [0.3, 0.4) is 0 Å². The molecule has 1 saturated carbocycles. The van der Waals surface area contributed by atoms with Gasteiger partial charge >= 0.3 is 0 Å². The minimum Gasteiger partial charge on any atom is -0.366 e. The highest BCUT2D eigenvalue weighted by Gasteiger charge is 2.26. The third-order valence-corrected chi connectivity index (χ3v) is 4.32. The number of hydrogen-bond acceptors (Lipinski definition) is 5. The maximum absolute atomic E-state index is 4.71. The van der Waals surface area contributed by atoms with E-state index in [2.05, 4.69) is 39.6 Å². The van der Waals surface area contributed by atoms with E-state index in [1.807, 2.05) is 37.3 Å². The van der Waals surface area contributed by atoms with E-state index in [0.717, 1.165) is 23.0 Å². The van der Waals surface area contributed by atoms with Gasteiger partial charge in [0, 0.05) is 38.1 Å². The Hall–Kier alpha value is -2.69. The molecule has 0 saturated heterocycles. The van der Waals surface area contributed by atoms with Crippen LogP contribution in [0.25, 0.3) is 10.9 Å². The maximum atomic E-state index is 4.71. The fourth-order valence-electron chi connectivity index (χ4n) is 2.80. The molecular formula is C19H21N5. The molecular weight excluding hydrogens is 298 g/mol. The Bertz CT molecular complexity index is 871. The van der Waals surface area contributed by atoms with Crippen LogP contribution in [-0.4, -0.2) is 29.0 Å². The van der Waals surface area contributed by atoms with E-state index in [0.29, 0.717) is 12.5 Å². The molecule has 3 aromatic rings. The van der Waals surface area contributed by atoms with Crippen molar-refractivity contribution in [1.29, 1.82) is 0 Å². The van der Waals surface area contributed by atoms with Gasteiger partial charge in [-0.25, -0.2) is 15.0 Å². The number of hydrogen-bond donors (Lipinski definition) is 1. The average Bonchev–Trinajstić information content (AvgIpc) is 3.45. The lowest BCUT2D eigenvalue weighted by atomic mass is 10.1. The summed E-state index contributed by atoms with van der Waals surface area (Å²) in [6.45, 7) is 0.713. The fraction of sp³-hybridized carbons (Fsp3) is 0.316. The Morgan fingerprint density at radius 3 is 2.75 bits per heavy atom. The van der Waals surface area contributed by atoms with E-state index in [4.69, 9.17) is 4.98 Å². The van der Waals surface area contributed by atoms with Gasteiger partial charge in [0.25, 0.3) is 0 Å². The van der Waals surface area contributed by atoms with Gasteiger partial charge < -0.3 is 10.2 Å². The van der Waals surface area contributed by atoms with Gasteiger partial charge in [0.15, 0.2) is 0 Å². The number of nitrogens with one attached hydrogen (secondary N) is 1. The van der Waals surface area contributed by atoms with Gasteiger partial charge in [-0.05, 0) is 36.6 Å². The summed E-state index contributed by atoms with van der Waals surface area (Å²) in [5.41, 5.74) is 2.23. The molecule has 0 spiro atoms. The highest BCUT2D eigenvalue weighted by Crippen LogP contribution is 2.38. The van der Waals surface area contributed by atoms with Crippen LogP contribution in [0.2, 0.25) is 0 Å². The average molecular weight is 319 g/mol. The Morgan fingerprint density at radius 1 is 1.12 bits per heavy atom. The molecule has 0 radical (unpaired) electrons. The molecule has 0 aliphatic heterocycles. The highest BCUT2D eigenvalue weighted by atomic mass is 15.1. The van der Waals surface area contributed by atoms with Gasteiger partial charge in [0.1, 0.15) is 17.5 Å². The molecule has 2 aromatic heterocycles. The molecule has 5 heteroatoms. The van der Waals surface area contributed by atoms with E-state index in [1.165, 1.54) is 23.8 Å². The van der Waals surface area contributed by atoms with Gasteiger partial charge in [0.05, 0.1) is 5.52 Å². The van der Waals surface area contributed by atoms with Crippen LogP contribution in [0, 0.1) is 0 Å². The third kappa shape index (κ3) is 3.02. The van der Waals surface area contributed by atoms with Crippen molar-refractivity contribution in [3.8, 4) is 0 Å². The first kappa shape index (κ1) is 14.9. The molecule has 4 rings (SSSR count). The normalized spacial score (nSPS) is 13.9. The van der Waals surface area contributed by atoms with Crippen molar-refractivity contribution < 1.29 is 0 Å². The predicted octanol–water partition coefficient (Wildman–Crippen LogP) is 3.58. The summed E-state index contributed by atoms with van der Waals surface area (Å²) in [5.74, 6) is 3.38. The lowest BCUT2D eigenvalue weighted by molar-refractivity contribution is 0.921. The quantitative estimate of drug-likeness (QED) is 0.779. The number of para-hydroxylation sites is 1. The molecule has 1 aliphatic rings. The molecule has 2 heterocycles. The van der Waals surface area contributed by atoms with Crippen molar-refractivity contribution in [1.82, 2.24) is 15.0 Å². The molecule has 0 bridgehead atoms. The van der Waals surface area contributed by atoms with E-state index in [9.17, 15) is 0 Å². The predicted molar refractivity (Wildman–Crippen MR) is 97.4 cm³/mol. The summed E-state index contributed by atoms with van der Waals surface area (Å²) in [6.07, 6.45) is 4.27. The Morgan fingerprint density at radius 2 is 1.96 bits per heavy atom. The van der Waals surface area contributed by atoms with Gasteiger partial charge in [-0.2, -0.15) is 0 Å². The van der Waals surface area contributed by atoms with Crippen LogP contribution < -0.4 is 10.2 Å². The highest BCUT2D eigenvalue weighted by molar-refractivity contribution is 5.84. The molecule has 1 N–H and O–H groups in total. The van der Waals surface area contributed by atoms with Crippen LogP contribution in [0.15, 0.2) is 42.6 Å². The molecule has 1 aliphatic carbocycles. The van der Waals surface area contributed by atoms with Crippen molar-refractivity contribution in [3.05, 3.63) is 54.0 Å². The first-order valence-electron chi connectivity index (χ1n) is 8.33. The van der Waals surface area contributed by atoms with Crippen molar-refractivity contribution in [2.75, 3.05) is 24.3 Å². The first-order chi connectivity index (χ1) is 11.7. The van der Waals surface area contributed by atoms with E-state index in [-0.39, 0.29) is 0 Å². The molecule has 122 valence electrons. The maximum Gasteiger partial charge on any atom is 0.133 e. The van der Waals surface area contributed by atoms with Crippen molar-refractivity contribution >= 4 is 22.5 Å². The van der Waals surface area contributed by atoms with Gasteiger partial charge in [-0.15, -0.1) is 0 Å². The number of benzene rings is 1. The standard InChI is InChI=1S/C19H21N5/c1-24(2)18-11-14(15-5-3-4-6-16(15)22-18)12-21-17-9-10-20-19(23-17)13-7-8-13/h3-6,9-11,13H,7-8,12H2,1-2H3,(H,20,21,23). The summed E-state index contributed by atoms with van der Waals surface area (Å²) in [4.78, 5) is 15.8. The largest absolute Gasteiger partial charge is 0.366 e. The second-order valence-electron chi connectivity index (χ2n) is 6.48. The number of aromatic nitrogens is 3.